The monoisotopic (exact) mass is 382 g/mol. The van der Waals surface area contributed by atoms with Crippen molar-refractivity contribution in [2.75, 3.05) is 7.05 Å². The summed E-state index contributed by atoms with van der Waals surface area (Å²) in [6.07, 6.45) is 6.75. The summed E-state index contributed by atoms with van der Waals surface area (Å²) < 4.78 is 0. The molecule has 0 radical (unpaired) electrons. The third-order valence-electron chi connectivity index (χ3n) is 3.92. The van der Waals surface area contributed by atoms with Crippen LogP contribution >= 0.6 is 11.6 Å². The van der Waals surface area contributed by atoms with E-state index in [1.165, 1.54) is 4.80 Å². The Kier molecular flexibility index (Phi) is 5.93. The molecule has 27 heavy (non-hydrogen) atoms. The van der Waals surface area contributed by atoms with Gasteiger partial charge in [-0.05, 0) is 59.2 Å². The van der Waals surface area contributed by atoms with Crippen LogP contribution < -0.4 is 0 Å². The number of aromatic nitrogens is 5. The number of carbonyl (C=O) groups is 1. The molecule has 0 aliphatic rings. The number of halogens is 1. The Balaban J connectivity index is 1.73. The molecule has 0 aliphatic carbocycles. The lowest BCUT2D eigenvalue weighted by Crippen LogP contribution is -2.24. The van der Waals surface area contributed by atoms with Crippen molar-refractivity contribution in [3.63, 3.8) is 0 Å². The number of carbonyl (C=O) groups excluding carboxylic acids is 1. The van der Waals surface area contributed by atoms with Gasteiger partial charge in [-0.15, -0.1) is 10.2 Å². The number of benzene rings is 1. The number of pyridine rings is 1. The average Bonchev–Trinajstić information content (AvgIpc) is 3.06. The SMILES string of the molecule is Cc1nnn(Cc2cc(Cl)ccc2/C=C/C(=O)N(C)Cc2ccncc2)n1. The second-order valence-electron chi connectivity index (χ2n) is 6.09. The maximum atomic E-state index is 12.4. The first kappa shape index (κ1) is 18.7. The Bertz CT molecular complexity index is 954. The summed E-state index contributed by atoms with van der Waals surface area (Å²) in [7, 11) is 1.76. The summed E-state index contributed by atoms with van der Waals surface area (Å²) in [5.41, 5.74) is 2.80. The van der Waals surface area contributed by atoms with Crippen LogP contribution in [-0.4, -0.2) is 43.0 Å². The average molecular weight is 383 g/mol. The van der Waals surface area contributed by atoms with E-state index in [0.29, 0.717) is 23.9 Å². The second kappa shape index (κ2) is 8.55. The zero-order valence-corrected chi connectivity index (χ0v) is 15.8. The minimum absolute atomic E-state index is 0.0950. The highest BCUT2D eigenvalue weighted by Gasteiger charge is 2.08. The summed E-state index contributed by atoms with van der Waals surface area (Å²) in [4.78, 5) is 19.5. The van der Waals surface area contributed by atoms with E-state index in [0.717, 1.165) is 16.7 Å². The molecule has 0 bridgehead atoms. The minimum Gasteiger partial charge on any atom is -0.338 e. The molecule has 0 saturated heterocycles. The molecule has 3 aromatic rings. The molecule has 2 aromatic heterocycles. The number of likely N-dealkylation sites (N-methyl/N-ethyl adjacent to an activating group) is 1. The number of nitrogens with zero attached hydrogens (tertiary/aromatic N) is 6. The molecule has 0 fully saturated rings. The number of hydrogen-bond acceptors (Lipinski definition) is 5. The van der Waals surface area contributed by atoms with Crippen LogP contribution in [-0.2, 0) is 17.9 Å². The van der Waals surface area contributed by atoms with Crippen molar-refractivity contribution in [2.24, 2.45) is 0 Å². The predicted octanol–water partition coefficient (Wildman–Crippen LogP) is 2.75. The molecular weight excluding hydrogens is 364 g/mol. The van der Waals surface area contributed by atoms with Crippen molar-refractivity contribution >= 4 is 23.6 Å². The fraction of sp³-hybridized carbons (Fsp3) is 0.211. The van der Waals surface area contributed by atoms with Crippen molar-refractivity contribution in [1.29, 1.82) is 0 Å². The number of hydrogen-bond donors (Lipinski definition) is 0. The Hall–Kier alpha value is -3.06. The maximum Gasteiger partial charge on any atom is 0.246 e. The maximum absolute atomic E-state index is 12.4. The summed E-state index contributed by atoms with van der Waals surface area (Å²) >= 11 is 6.12. The van der Waals surface area contributed by atoms with Crippen molar-refractivity contribution in [3.8, 4) is 0 Å². The topological polar surface area (TPSA) is 76.8 Å². The van der Waals surface area contributed by atoms with Crippen LogP contribution in [0.5, 0.6) is 0 Å². The minimum atomic E-state index is -0.0950. The summed E-state index contributed by atoms with van der Waals surface area (Å²) in [5.74, 6) is 0.504. The van der Waals surface area contributed by atoms with E-state index in [9.17, 15) is 4.79 Å². The highest BCUT2D eigenvalue weighted by Crippen LogP contribution is 2.18. The van der Waals surface area contributed by atoms with Gasteiger partial charge in [0.25, 0.3) is 0 Å². The lowest BCUT2D eigenvalue weighted by molar-refractivity contribution is -0.125. The van der Waals surface area contributed by atoms with E-state index in [2.05, 4.69) is 20.4 Å². The normalized spacial score (nSPS) is 11.1. The summed E-state index contributed by atoms with van der Waals surface area (Å²) in [5, 5.41) is 12.7. The highest BCUT2D eigenvalue weighted by atomic mass is 35.5. The molecule has 8 heteroatoms. The van der Waals surface area contributed by atoms with E-state index in [4.69, 9.17) is 11.6 Å². The van der Waals surface area contributed by atoms with Gasteiger partial charge in [0.15, 0.2) is 5.82 Å². The standard InChI is InChI=1S/C19H19ClN6O/c1-14-22-24-26(23-14)13-17-11-18(20)5-3-16(17)4-6-19(27)25(2)12-15-7-9-21-10-8-15/h3-11H,12-13H2,1-2H3/b6-4+. The van der Waals surface area contributed by atoms with E-state index in [1.807, 2.05) is 24.3 Å². The largest absolute Gasteiger partial charge is 0.338 e. The van der Waals surface area contributed by atoms with Crippen molar-refractivity contribution in [2.45, 2.75) is 20.0 Å². The second-order valence-corrected chi connectivity index (χ2v) is 6.53. The fourth-order valence-corrected chi connectivity index (χ4v) is 2.74. The Morgan fingerprint density at radius 1 is 1.26 bits per heavy atom. The van der Waals surface area contributed by atoms with E-state index < -0.39 is 0 Å². The lowest BCUT2D eigenvalue weighted by atomic mass is 10.1. The van der Waals surface area contributed by atoms with Gasteiger partial charge in [0.1, 0.15) is 0 Å². The summed E-state index contributed by atoms with van der Waals surface area (Å²) in [6.45, 7) is 2.71. The number of aryl methyl sites for hydroxylation is 1. The predicted molar refractivity (Wildman–Crippen MR) is 103 cm³/mol. The number of amides is 1. The van der Waals surface area contributed by atoms with E-state index >= 15 is 0 Å². The van der Waals surface area contributed by atoms with Gasteiger partial charge in [-0.25, -0.2) is 0 Å². The third-order valence-corrected chi connectivity index (χ3v) is 4.16. The highest BCUT2D eigenvalue weighted by molar-refractivity contribution is 6.30. The molecule has 0 unspecified atom stereocenters. The Labute approximate surface area is 162 Å². The fourth-order valence-electron chi connectivity index (χ4n) is 2.54. The Morgan fingerprint density at radius 3 is 2.74 bits per heavy atom. The molecule has 0 saturated carbocycles. The molecule has 0 N–H and O–H groups in total. The van der Waals surface area contributed by atoms with Crippen LogP contribution in [0.15, 0.2) is 48.8 Å². The zero-order chi connectivity index (χ0) is 19.2. The molecule has 7 nitrogen and oxygen atoms in total. The van der Waals surface area contributed by atoms with Gasteiger partial charge in [0.05, 0.1) is 6.54 Å². The first-order chi connectivity index (χ1) is 13.0. The van der Waals surface area contributed by atoms with Gasteiger partial charge in [0.2, 0.25) is 5.91 Å². The van der Waals surface area contributed by atoms with Gasteiger partial charge in [-0.3, -0.25) is 9.78 Å². The molecule has 2 heterocycles. The molecule has 3 rings (SSSR count). The van der Waals surface area contributed by atoms with Crippen molar-refractivity contribution < 1.29 is 4.79 Å². The van der Waals surface area contributed by atoms with Crippen LogP contribution in [0.2, 0.25) is 5.02 Å². The van der Waals surface area contributed by atoms with E-state index in [-0.39, 0.29) is 5.91 Å². The van der Waals surface area contributed by atoms with Crippen molar-refractivity contribution in [1.82, 2.24) is 30.1 Å². The molecule has 1 amide bonds. The van der Waals surface area contributed by atoms with Crippen LogP contribution in [0.4, 0.5) is 0 Å². The molecule has 138 valence electrons. The van der Waals surface area contributed by atoms with Gasteiger partial charge >= 0.3 is 0 Å². The lowest BCUT2D eigenvalue weighted by Gasteiger charge is -2.15. The Morgan fingerprint density at radius 2 is 2.04 bits per heavy atom. The van der Waals surface area contributed by atoms with Crippen molar-refractivity contribution in [3.05, 3.63) is 76.3 Å². The van der Waals surface area contributed by atoms with Crippen LogP contribution in [0.1, 0.15) is 22.5 Å². The van der Waals surface area contributed by atoms with Crippen LogP contribution in [0.3, 0.4) is 0 Å². The zero-order valence-electron chi connectivity index (χ0n) is 15.1. The molecule has 0 aliphatic heterocycles. The van der Waals surface area contributed by atoms with Crippen LogP contribution in [0.25, 0.3) is 6.08 Å². The summed E-state index contributed by atoms with van der Waals surface area (Å²) in [6, 6.07) is 9.27. The first-order valence-corrected chi connectivity index (χ1v) is 8.74. The quantitative estimate of drug-likeness (QED) is 0.612. The molecule has 0 atom stereocenters. The van der Waals surface area contributed by atoms with Gasteiger partial charge < -0.3 is 4.90 Å². The number of rotatable bonds is 6. The van der Waals surface area contributed by atoms with Gasteiger partial charge in [0, 0.05) is 37.1 Å². The third kappa shape index (κ3) is 5.21. The smallest absolute Gasteiger partial charge is 0.246 e. The molecule has 1 aromatic carbocycles. The molecule has 0 spiro atoms. The van der Waals surface area contributed by atoms with E-state index in [1.54, 1.807) is 49.5 Å². The van der Waals surface area contributed by atoms with Gasteiger partial charge in [-0.1, -0.05) is 17.7 Å². The molecular formula is C19H19ClN6O. The van der Waals surface area contributed by atoms with Crippen LogP contribution in [0, 0.1) is 6.92 Å². The number of tetrazole rings is 1. The first-order valence-electron chi connectivity index (χ1n) is 8.36. The van der Waals surface area contributed by atoms with Gasteiger partial charge in [-0.2, -0.15) is 4.80 Å².